The molecule has 0 unspecified atom stereocenters. The van der Waals surface area contributed by atoms with Crippen LogP contribution in [-0.2, 0) is 6.42 Å². The second-order valence-electron chi connectivity index (χ2n) is 10.0. The monoisotopic (exact) mass is 440 g/mol. The lowest BCUT2D eigenvalue weighted by molar-refractivity contribution is 0.248. The van der Waals surface area contributed by atoms with Crippen molar-refractivity contribution in [1.82, 2.24) is 0 Å². The first-order chi connectivity index (χ1) is 16.3. The number of rotatable bonds is 11. The van der Waals surface area contributed by atoms with Gasteiger partial charge >= 0.3 is 0 Å². The highest BCUT2D eigenvalue weighted by Crippen LogP contribution is 2.34. The summed E-state index contributed by atoms with van der Waals surface area (Å²) in [7, 11) is 0. The Morgan fingerprint density at radius 1 is 0.697 bits per heavy atom. The van der Waals surface area contributed by atoms with Crippen LogP contribution in [0.4, 0.5) is 0 Å². The van der Waals surface area contributed by atoms with E-state index in [0.29, 0.717) is 0 Å². The van der Waals surface area contributed by atoms with Gasteiger partial charge in [-0.25, -0.2) is 0 Å². The van der Waals surface area contributed by atoms with E-state index in [2.05, 4.69) is 86.4 Å². The molecular formula is C33H44. The van der Waals surface area contributed by atoms with Gasteiger partial charge in [-0.3, -0.25) is 0 Å². The van der Waals surface area contributed by atoms with Crippen LogP contribution >= 0.6 is 0 Å². The van der Waals surface area contributed by atoms with Crippen LogP contribution in [0.25, 0.3) is 6.08 Å². The smallest absolute Gasteiger partial charge is 0.0249 e. The predicted molar refractivity (Wildman–Crippen MR) is 145 cm³/mol. The largest absolute Gasteiger partial charge is 0.0842 e. The van der Waals surface area contributed by atoms with Gasteiger partial charge in [-0.05, 0) is 66.5 Å². The molecule has 0 spiro atoms. The van der Waals surface area contributed by atoms with Gasteiger partial charge in [0.15, 0.2) is 0 Å². The quantitative estimate of drug-likeness (QED) is 0.241. The zero-order valence-corrected chi connectivity index (χ0v) is 21.1. The van der Waals surface area contributed by atoms with E-state index < -0.39 is 0 Å². The number of allylic oxidation sites excluding steroid dienone is 1. The Labute approximate surface area is 203 Å². The minimum atomic E-state index is 0.941. The fourth-order valence-electron chi connectivity index (χ4n) is 5.05. The SMILES string of the molecule is CC/C=C/c1ccc(C#Cc2ccc(CCC3CCC(CCCCCCC)CC3)cc2)cc1. The highest BCUT2D eigenvalue weighted by Gasteiger charge is 2.20. The van der Waals surface area contributed by atoms with Crippen LogP contribution < -0.4 is 0 Å². The summed E-state index contributed by atoms with van der Waals surface area (Å²) in [6.45, 7) is 4.46. The molecule has 0 aromatic heterocycles. The Balaban J connectivity index is 1.37. The van der Waals surface area contributed by atoms with Crippen molar-refractivity contribution in [3.8, 4) is 11.8 Å². The van der Waals surface area contributed by atoms with Gasteiger partial charge in [0.25, 0.3) is 0 Å². The van der Waals surface area contributed by atoms with Gasteiger partial charge in [0.05, 0.1) is 0 Å². The Hall–Kier alpha value is -2.26. The molecule has 0 N–H and O–H groups in total. The van der Waals surface area contributed by atoms with Crippen LogP contribution in [0.2, 0.25) is 0 Å². The summed E-state index contributed by atoms with van der Waals surface area (Å²) in [6, 6.07) is 17.4. The lowest BCUT2D eigenvalue weighted by Crippen LogP contribution is -2.15. The van der Waals surface area contributed by atoms with Crippen LogP contribution in [0.15, 0.2) is 54.6 Å². The molecule has 0 saturated heterocycles. The van der Waals surface area contributed by atoms with E-state index >= 15 is 0 Å². The maximum Gasteiger partial charge on any atom is 0.0249 e. The minimum absolute atomic E-state index is 0.941. The van der Waals surface area contributed by atoms with Gasteiger partial charge < -0.3 is 0 Å². The highest BCUT2D eigenvalue weighted by atomic mass is 14.3. The molecule has 176 valence electrons. The van der Waals surface area contributed by atoms with Crippen molar-refractivity contribution in [3.63, 3.8) is 0 Å². The van der Waals surface area contributed by atoms with Gasteiger partial charge in [-0.15, -0.1) is 0 Å². The summed E-state index contributed by atoms with van der Waals surface area (Å²) in [5.41, 5.74) is 4.88. The summed E-state index contributed by atoms with van der Waals surface area (Å²) in [5.74, 6) is 8.58. The maximum absolute atomic E-state index is 3.32. The van der Waals surface area contributed by atoms with Crippen LogP contribution in [0.1, 0.15) is 113 Å². The summed E-state index contributed by atoms with van der Waals surface area (Å²) in [5, 5.41) is 0. The van der Waals surface area contributed by atoms with Gasteiger partial charge in [0.1, 0.15) is 0 Å². The van der Waals surface area contributed by atoms with Crippen molar-refractivity contribution in [2.75, 3.05) is 0 Å². The molecule has 2 aromatic rings. The molecule has 0 nitrogen and oxygen atoms in total. The van der Waals surface area contributed by atoms with E-state index in [1.165, 1.54) is 88.2 Å². The zero-order valence-electron chi connectivity index (χ0n) is 21.1. The molecule has 2 aromatic carbocycles. The number of unbranched alkanes of at least 4 members (excludes halogenated alkanes) is 4. The van der Waals surface area contributed by atoms with E-state index in [1.807, 2.05) is 0 Å². The van der Waals surface area contributed by atoms with Crippen molar-refractivity contribution in [2.45, 2.75) is 97.3 Å². The van der Waals surface area contributed by atoms with Crippen molar-refractivity contribution >= 4 is 6.08 Å². The van der Waals surface area contributed by atoms with E-state index in [9.17, 15) is 0 Å². The van der Waals surface area contributed by atoms with Crippen molar-refractivity contribution in [3.05, 3.63) is 76.9 Å². The predicted octanol–water partition coefficient (Wildman–Crippen LogP) is 9.61. The second kappa shape index (κ2) is 14.8. The minimum Gasteiger partial charge on any atom is -0.0842 e. The number of hydrogen-bond acceptors (Lipinski definition) is 0. The van der Waals surface area contributed by atoms with Crippen LogP contribution in [0.5, 0.6) is 0 Å². The Morgan fingerprint density at radius 3 is 1.88 bits per heavy atom. The Kier molecular flexibility index (Phi) is 11.4. The van der Waals surface area contributed by atoms with Crippen molar-refractivity contribution in [1.29, 1.82) is 0 Å². The Morgan fingerprint density at radius 2 is 1.27 bits per heavy atom. The van der Waals surface area contributed by atoms with E-state index in [1.54, 1.807) is 0 Å². The number of benzene rings is 2. The summed E-state index contributed by atoms with van der Waals surface area (Å²) in [4.78, 5) is 0. The Bertz CT molecular complexity index is 864. The van der Waals surface area contributed by atoms with Crippen molar-refractivity contribution < 1.29 is 0 Å². The fourth-order valence-corrected chi connectivity index (χ4v) is 5.05. The average Bonchev–Trinajstić information content (AvgIpc) is 2.87. The van der Waals surface area contributed by atoms with Crippen molar-refractivity contribution in [2.24, 2.45) is 11.8 Å². The first kappa shape index (κ1) is 25.4. The average molecular weight is 441 g/mol. The molecule has 0 atom stereocenters. The van der Waals surface area contributed by atoms with Gasteiger partial charge in [-0.1, -0.05) is 126 Å². The van der Waals surface area contributed by atoms with Gasteiger partial charge in [0, 0.05) is 11.1 Å². The molecule has 0 aliphatic heterocycles. The molecular weight excluding hydrogens is 396 g/mol. The number of hydrogen-bond donors (Lipinski definition) is 0. The maximum atomic E-state index is 3.32. The highest BCUT2D eigenvalue weighted by molar-refractivity contribution is 5.52. The molecule has 1 saturated carbocycles. The first-order valence-corrected chi connectivity index (χ1v) is 13.6. The lowest BCUT2D eigenvalue weighted by Gasteiger charge is -2.28. The van der Waals surface area contributed by atoms with Crippen LogP contribution in [0.3, 0.4) is 0 Å². The summed E-state index contributed by atoms with van der Waals surface area (Å²) in [6.07, 6.45) is 22.5. The third kappa shape index (κ3) is 9.63. The molecule has 0 heterocycles. The third-order valence-electron chi connectivity index (χ3n) is 7.29. The van der Waals surface area contributed by atoms with E-state index in [0.717, 1.165) is 29.4 Å². The molecule has 1 fully saturated rings. The van der Waals surface area contributed by atoms with E-state index in [4.69, 9.17) is 0 Å². The van der Waals surface area contributed by atoms with Crippen LogP contribution in [0, 0.1) is 23.7 Å². The van der Waals surface area contributed by atoms with Crippen LogP contribution in [-0.4, -0.2) is 0 Å². The van der Waals surface area contributed by atoms with Gasteiger partial charge in [0.2, 0.25) is 0 Å². The third-order valence-corrected chi connectivity index (χ3v) is 7.29. The number of aryl methyl sites for hydroxylation is 1. The van der Waals surface area contributed by atoms with E-state index in [-0.39, 0.29) is 0 Å². The molecule has 3 rings (SSSR count). The summed E-state index contributed by atoms with van der Waals surface area (Å²) < 4.78 is 0. The molecule has 1 aliphatic carbocycles. The topological polar surface area (TPSA) is 0 Å². The lowest BCUT2D eigenvalue weighted by atomic mass is 9.77. The molecule has 0 bridgehead atoms. The standard InChI is InChI=1S/C33H44/c1-3-5-7-8-9-11-29-14-18-31(19-15-29)21-23-33-26-24-32(25-27-33)22-20-30-16-12-28(13-17-30)10-6-4-2/h6,10,12-13,16-17,24-27,29,31H,3-5,7-9,11,14-15,18-19,21,23H2,1-2H3/b10-6+. The normalized spacial score (nSPS) is 18.2. The zero-order chi connectivity index (χ0) is 23.1. The first-order valence-electron chi connectivity index (χ1n) is 13.6. The second-order valence-corrected chi connectivity index (χ2v) is 10.0. The molecule has 0 amide bonds. The molecule has 1 aliphatic rings. The molecule has 0 heteroatoms. The molecule has 0 radical (unpaired) electrons. The van der Waals surface area contributed by atoms with Gasteiger partial charge in [-0.2, -0.15) is 0 Å². The summed E-state index contributed by atoms with van der Waals surface area (Å²) >= 11 is 0. The fraction of sp³-hybridized carbons (Fsp3) is 0.515. The molecule has 33 heavy (non-hydrogen) atoms.